The summed E-state index contributed by atoms with van der Waals surface area (Å²) >= 11 is 0. The summed E-state index contributed by atoms with van der Waals surface area (Å²) < 4.78 is 0. The minimum atomic E-state index is -0.0473. The van der Waals surface area contributed by atoms with Crippen LogP contribution in [-0.4, -0.2) is 40.4 Å². The quantitative estimate of drug-likeness (QED) is 0.805. The van der Waals surface area contributed by atoms with Gasteiger partial charge in [-0.2, -0.15) is 0 Å². The molecule has 1 heterocycles. The zero-order valence-electron chi connectivity index (χ0n) is 11.4. The van der Waals surface area contributed by atoms with E-state index >= 15 is 0 Å². The van der Waals surface area contributed by atoms with Gasteiger partial charge in [0, 0.05) is 19.6 Å². The van der Waals surface area contributed by atoms with E-state index in [0.717, 1.165) is 25.9 Å². The Balaban J connectivity index is 2.68. The van der Waals surface area contributed by atoms with Crippen LogP contribution in [-0.2, 0) is 0 Å². The molecule has 1 aromatic rings. The first-order valence-electron chi connectivity index (χ1n) is 6.58. The van der Waals surface area contributed by atoms with Crippen molar-refractivity contribution in [3.8, 4) is 0 Å². The van der Waals surface area contributed by atoms with Crippen LogP contribution in [0.15, 0.2) is 12.4 Å². The van der Waals surface area contributed by atoms with Gasteiger partial charge in [-0.05, 0) is 19.8 Å². The second-order valence-electron chi connectivity index (χ2n) is 4.10. The third-order valence-electron chi connectivity index (χ3n) is 2.59. The number of aromatic nitrogens is 2. The monoisotopic (exact) mass is 250 g/mol. The average Bonchev–Trinajstić information content (AvgIpc) is 2.42. The van der Waals surface area contributed by atoms with E-state index < -0.39 is 0 Å². The van der Waals surface area contributed by atoms with Crippen LogP contribution in [0.4, 0.5) is 5.82 Å². The third-order valence-corrected chi connectivity index (χ3v) is 2.59. The molecule has 0 saturated carbocycles. The molecular weight excluding hydrogens is 228 g/mol. The SMILES string of the molecule is CCCNc1cnc(C(=O)N(CC)CCC)cn1. The van der Waals surface area contributed by atoms with Crippen molar-refractivity contribution in [3.63, 3.8) is 0 Å². The van der Waals surface area contributed by atoms with Crippen molar-refractivity contribution in [1.82, 2.24) is 14.9 Å². The molecule has 0 radical (unpaired) electrons. The molecule has 100 valence electrons. The minimum Gasteiger partial charge on any atom is -0.369 e. The van der Waals surface area contributed by atoms with Crippen LogP contribution in [0.1, 0.15) is 44.1 Å². The number of hydrogen-bond donors (Lipinski definition) is 1. The summed E-state index contributed by atoms with van der Waals surface area (Å²) in [6.07, 6.45) is 5.13. The van der Waals surface area contributed by atoms with Gasteiger partial charge in [0.1, 0.15) is 11.5 Å². The smallest absolute Gasteiger partial charge is 0.274 e. The van der Waals surface area contributed by atoms with Crippen LogP contribution in [0.2, 0.25) is 0 Å². The van der Waals surface area contributed by atoms with Crippen molar-refractivity contribution in [3.05, 3.63) is 18.1 Å². The van der Waals surface area contributed by atoms with E-state index in [1.165, 1.54) is 0 Å². The Morgan fingerprint density at radius 1 is 1.22 bits per heavy atom. The first kappa shape index (κ1) is 14.4. The average molecular weight is 250 g/mol. The fraction of sp³-hybridized carbons (Fsp3) is 0.615. The van der Waals surface area contributed by atoms with E-state index in [4.69, 9.17) is 0 Å². The summed E-state index contributed by atoms with van der Waals surface area (Å²) in [7, 11) is 0. The topological polar surface area (TPSA) is 58.1 Å². The lowest BCUT2D eigenvalue weighted by atomic mass is 10.3. The standard InChI is InChI=1S/C13H22N4O/c1-4-7-14-12-10-15-11(9-16-12)13(18)17(6-3)8-5-2/h9-10H,4-8H2,1-3H3,(H,14,16). The molecule has 0 atom stereocenters. The van der Waals surface area contributed by atoms with E-state index in [1.807, 2.05) is 6.92 Å². The molecule has 0 unspecified atom stereocenters. The summed E-state index contributed by atoms with van der Waals surface area (Å²) in [5.74, 6) is 0.667. The highest BCUT2D eigenvalue weighted by atomic mass is 16.2. The maximum atomic E-state index is 12.1. The highest BCUT2D eigenvalue weighted by Gasteiger charge is 2.14. The Bertz CT molecular complexity index is 364. The number of nitrogens with zero attached hydrogens (tertiary/aromatic N) is 3. The number of rotatable bonds is 7. The van der Waals surface area contributed by atoms with Crippen LogP contribution in [0, 0.1) is 0 Å². The highest BCUT2D eigenvalue weighted by Crippen LogP contribution is 2.05. The summed E-state index contributed by atoms with van der Waals surface area (Å²) in [4.78, 5) is 22.2. The summed E-state index contributed by atoms with van der Waals surface area (Å²) in [6.45, 7) is 8.43. The molecule has 1 amide bonds. The predicted molar refractivity (Wildman–Crippen MR) is 72.7 cm³/mol. The molecule has 0 saturated heterocycles. The fourth-order valence-corrected chi connectivity index (χ4v) is 1.62. The van der Waals surface area contributed by atoms with Crippen LogP contribution in [0.25, 0.3) is 0 Å². The van der Waals surface area contributed by atoms with Gasteiger partial charge in [0.2, 0.25) is 0 Å². The zero-order chi connectivity index (χ0) is 13.4. The molecule has 0 aromatic carbocycles. The second-order valence-corrected chi connectivity index (χ2v) is 4.10. The number of amides is 1. The minimum absolute atomic E-state index is 0.0473. The molecule has 0 aliphatic heterocycles. The third kappa shape index (κ3) is 3.98. The van der Waals surface area contributed by atoms with E-state index in [1.54, 1.807) is 17.3 Å². The normalized spacial score (nSPS) is 10.2. The Kier molecular flexibility index (Phi) is 6.11. The molecule has 5 heteroatoms. The molecule has 18 heavy (non-hydrogen) atoms. The van der Waals surface area contributed by atoms with Gasteiger partial charge in [0.05, 0.1) is 12.4 Å². The number of carbonyl (C=O) groups is 1. The Morgan fingerprint density at radius 3 is 2.50 bits per heavy atom. The summed E-state index contributed by atoms with van der Waals surface area (Å²) in [5.41, 5.74) is 0.410. The lowest BCUT2D eigenvalue weighted by molar-refractivity contribution is 0.0758. The van der Waals surface area contributed by atoms with E-state index in [2.05, 4.69) is 29.1 Å². The van der Waals surface area contributed by atoms with Crippen LogP contribution in [0.5, 0.6) is 0 Å². The zero-order valence-corrected chi connectivity index (χ0v) is 11.4. The van der Waals surface area contributed by atoms with Crippen molar-refractivity contribution >= 4 is 11.7 Å². The van der Waals surface area contributed by atoms with Gasteiger partial charge < -0.3 is 10.2 Å². The van der Waals surface area contributed by atoms with Crippen LogP contribution in [0.3, 0.4) is 0 Å². The second kappa shape index (κ2) is 7.63. The number of nitrogens with one attached hydrogen (secondary N) is 1. The molecule has 1 N–H and O–H groups in total. The molecule has 1 aromatic heterocycles. The molecule has 0 fully saturated rings. The molecule has 1 rings (SSSR count). The van der Waals surface area contributed by atoms with Gasteiger partial charge in [-0.3, -0.25) is 4.79 Å². The first-order chi connectivity index (χ1) is 8.72. The molecule has 0 aliphatic rings. The van der Waals surface area contributed by atoms with Gasteiger partial charge in [-0.25, -0.2) is 9.97 Å². The predicted octanol–water partition coefficient (Wildman–Crippen LogP) is 2.17. The van der Waals surface area contributed by atoms with Gasteiger partial charge in [-0.15, -0.1) is 0 Å². The highest BCUT2D eigenvalue weighted by molar-refractivity contribution is 5.92. The Morgan fingerprint density at radius 2 is 2.00 bits per heavy atom. The maximum Gasteiger partial charge on any atom is 0.274 e. The van der Waals surface area contributed by atoms with Crippen molar-refractivity contribution in [2.45, 2.75) is 33.6 Å². The van der Waals surface area contributed by atoms with Gasteiger partial charge in [0.15, 0.2) is 0 Å². The Labute approximate surface area is 109 Å². The van der Waals surface area contributed by atoms with Gasteiger partial charge in [0.25, 0.3) is 5.91 Å². The molecule has 0 spiro atoms. The first-order valence-corrected chi connectivity index (χ1v) is 6.58. The molecule has 5 nitrogen and oxygen atoms in total. The van der Waals surface area contributed by atoms with Crippen molar-refractivity contribution in [2.75, 3.05) is 25.0 Å². The largest absolute Gasteiger partial charge is 0.369 e. The molecule has 0 bridgehead atoms. The van der Waals surface area contributed by atoms with Crippen molar-refractivity contribution in [2.24, 2.45) is 0 Å². The lowest BCUT2D eigenvalue weighted by Crippen LogP contribution is -2.32. The molecular formula is C13H22N4O. The van der Waals surface area contributed by atoms with E-state index in [9.17, 15) is 4.79 Å². The summed E-state index contributed by atoms with van der Waals surface area (Å²) in [6, 6.07) is 0. The van der Waals surface area contributed by atoms with Crippen molar-refractivity contribution in [1.29, 1.82) is 0 Å². The number of anilines is 1. The lowest BCUT2D eigenvalue weighted by Gasteiger charge is -2.19. The van der Waals surface area contributed by atoms with Crippen LogP contribution >= 0.6 is 0 Å². The van der Waals surface area contributed by atoms with E-state index in [0.29, 0.717) is 18.1 Å². The fourth-order valence-electron chi connectivity index (χ4n) is 1.62. The van der Waals surface area contributed by atoms with Gasteiger partial charge in [-0.1, -0.05) is 13.8 Å². The summed E-state index contributed by atoms with van der Waals surface area (Å²) in [5, 5.41) is 3.13. The number of hydrogen-bond acceptors (Lipinski definition) is 4. The van der Waals surface area contributed by atoms with E-state index in [-0.39, 0.29) is 5.91 Å². The number of carbonyl (C=O) groups excluding carboxylic acids is 1. The maximum absolute atomic E-state index is 12.1. The Hall–Kier alpha value is -1.65. The van der Waals surface area contributed by atoms with Crippen LogP contribution < -0.4 is 5.32 Å². The van der Waals surface area contributed by atoms with Crippen molar-refractivity contribution < 1.29 is 4.79 Å². The van der Waals surface area contributed by atoms with Gasteiger partial charge >= 0.3 is 0 Å². The molecule has 0 aliphatic carbocycles.